The van der Waals surface area contributed by atoms with Crippen LogP contribution in [-0.4, -0.2) is 49.2 Å². The molecule has 0 aromatic carbocycles. The fraction of sp³-hybridized carbons (Fsp3) is 0.933. The number of hydrogen-bond acceptors (Lipinski definition) is 3. The van der Waals surface area contributed by atoms with Crippen molar-refractivity contribution in [3.63, 3.8) is 0 Å². The first-order valence-corrected chi connectivity index (χ1v) is 7.86. The molecule has 2 heterocycles. The van der Waals surface area contributed by atoms with Gasteiger partial charge in [0.1, 0.15) is 0 Å². The second kappa shape index (κ2) is 5.80. The molecule has 3 rings (SSSR count). The molecule has 4 nitrogen and oxygen atoms in total. The number of nitrogens with one attached hydrogen (secondary N) is 1. The highest BCUT2D eigenvalue weighted by molar-refractivity contribution is 5.79. The zero-order valence-corrected chi connectivity index (χ0v) is 11.9. The smallest absolute Gasteiger partial charge is 0.228 e. The van der Waals surface area contributed by atoms with Crippen LogP contribution < -0.4 is 5.32 Å². The van der Waals surface area contributed by atoms with E-state index in [1.54, 1.807) is 0 Å². The minimum Gasteiger partial charge on any atom is -0.378 e. The van der Waals surface area contributed by atoms with Gasteiger partial charge in [0.2, 0.25) is 5.91 Å². The van der Waals surface area contributed by atoms with Gasteiger partial charge < -0.3 is 15.0 Å². The SMILES string of the molecule is CC1CC(C(=O)N2CCC(NCC3CC3)CC2)CO1. The lowest BCUT2D eigenvalue weighted by Gasteiger charge is -2.33. The Morgan fingerprint density at radius 3 is 2.58 bits per heavy atom. The first kappa shape index (κ1) is 13.4. The van der Waals surface area contributed by atoms with Crippen molar-refractivity contribution in [1.29, 1.82) is 0 Å². The normalized spacial score (nSPS) is 32.8. The average molecular weight is 266 g/mol. The third kappa shape index (κ3) is 3.48. The molecular weight excluding hydrogens is 240 g/mol. The van der Waals surface area contributed by atoms with Crippen LogP contribution >= 0.6 is 0 Å². The molecule has 2 aliphatic heterocycles. The molecule has 0 spiro atoms. The van der Waals surface area contributed by atoms with Crippen molar-refractivity contribution in [2.75, 3.05) is 26.2 Å². The largest absolute Gasteiger partial charge is 0.378 e. The summed E-state index contributed by atoms with van der Waals surface area (Å²) in [7, 11) is 0. The quantitative estimate of drug-likeness (QED) is 0.836. The topological polar surface area (TPSA) is 41.6 Å². The summed E-state index contributed by atoms with van der Waals surface area (Å²) in [6, 6.07) is 0.628. The molecule has 2 unspecified atom stereocenters. The van der Waals surface area contributed by atoms with Gasteiger partial charge in [-0.25, -0.2) is 0 Å². The first-order chi connectivity index (χ1) is 9.22. The molecule has 0 radical (unpaired) electrons. The van der Waals surface area contributed by atoms with E-state index < -0.39 is 0 Å². The number of likely N-dealkylation sites (tertiary alicyclic amines) is 1. The van der Waals surface area contributed by atoms with Crippen LogP contribution in [0.1, 0.15) is 39.0 Å². The third-order valence-corrected chi connectivity index (χ3v) is 4.75. The van der Waals surface area contributed by atoms with Gasteiger partial charge in [-0.15, -0.1) is 0 Å². The number of ether oxygens (including phenoxy) is 1. The molecule has 4 heteroatoms. The van der Waals surface area contributed by atoms with Crippen molar-refractivity contribution in [3.8, 4) is 0 Å². The van der Waals surface area contributed by atoms with Gasteiger partial charge in [0.15, 0.2) is 0 Å². The van der Waals surface area contributed by atoms with E-state index in [1.807, 2.05) is 0 Å². The van der Waals surface area contributed by atoms with Crippen LogP contribution in [-0.2, 0) is 9.53 Å². The van der Waals surface area contributed by atoms with E-state index in [-0.39, 0.29) is 12.0 Å². The number of rotatable bonds is 4. The van der Waals surface area contributed by atoms with Crippen molar-refractivity contribution in [1.82, 2.24) is 10.2 Å². The highest BCUT2D eigenvalue weighted by atomic mass is 16.5. The molecule has 1 saturated carbocycles. The zero-order valence-electron chi connectivity index (χ0n) is 11.9. The first-order valence-electron chi connectivity index (χ1n) is 7.86. The van der Waals surface area contributed by atoms with Crippen LogP contribution in [0.3, 0.4) is 0 Å². The van der Waals surface area contributed by atoms with Gasteiger partial charge in [-0.05, 0) is 51.5 Å². The van der Waals surface area contributed by atoms with E-state index in [9.17, 15) is 4.79 Å². The van der Waals surface area contributed by atoms with Crippen molar-refractivity contribution in [2.45, 2.75) is 51.2 Å². The Morgan fingerprint density at radius 2 is 2.00 bits per heavy atom. The van der Waals surface area contributed by atoms with E-state index in [4.69, 9.17) is 4.74 Å². The summed E-state index contributed by atoms with van der Waals surface area (Å²) >= 11 is 0. The molecule has 108 valence electrons. The summed E-state index contributed by atoms with van der Waals surface area (Å²) in [5.41, 5.74) is 0. The maximum atomic E-state index is 12.4. The van der Waals surface area contributed by atoms with Crippen molar-refractivity contribution < 1.29 is 9.53 Å². The Bertz CT molecular complexity index is 322. The van der Waals surface area contributed by atoms with Crippen molar-refractivity contribution in [2.24, 2.45) is 11.8 Å². The molecule has 1 N–H and O–H groups in total. The van der Waals surface area contributed by atoms with Gasteiger partial charge in [-0.3, -0.25) is 4.79 Å². The molecular formula is C15H26N2O2. The fourth-order valence-corrected chi connectivity index (χ4v) is 3.21. The number of hydrogen-bond donors (Lipinski definition) is 1. The Balaban J connectivity index is 1.40. The second-order valence-electron chi connectivity index (χ2n) is 6.53. The average Bonchev–Trinajstić information content (AvgIpc) is 3.17. The maximum Gasteiger partial charge on any atom is 0.228 e. The number of nitrogens with zero attached hydrogens (tertiary/aromatic N) is 1. The summed E-state index contributed by atoms with van der Waals surface area (Å²) in [6.07, 6.45) is 6.20. The van der Waals surface area contributed by atoms with Gasteiger partial charge in [-0.2, -0.15) is 0 Å². The predicted molar refractivity (Wildman–Crippen MR) is 73.8 cm³/mol. The van der Waals surface area contributed by atoms with Crippen LogP contribution in [0.25, 0.3) is 0 Å². The second-order valence-corrected chi connectivity index (χ2v) is 6.53. The lowest BCUT2D eigenvalue weighted by atomic mass is 10.00. The summed E-state index contributed by atoms with van der Waals surface area (Å²) in [5, 5.41) is 3.66. The molecule has 3 fully saturated rings. The van der Waals surface area contributed by atoms with E-state index >= 15 is 0 Å². The van der Waals surface area contributed by atoms with E-state index in [1.165, 1.54) is 19.4 Å². The number of carbonyl (C=O) groups is 1. The third-order valence-electron chi connectivity index (χ3n) is 4.75. The van der Waals surface area contributed by atoms with Gasteiger partial charge >= 0.3 is 0 Å². The predicted octanol–water partition coefficient (Wildman–Crippen LogP) is 1.40. The minimum atomic E-state index is 0.117. The van der Waals surface area contributed by atoms with Gasteiger partial charge in [0, 0.05) is 19.1 Å². The molecule has 2 saturated heterocycles. The number of carbonyl (C=O) groups excluding carboxylic acids is 1. The van der Waals surface area contributed by atoms with Crippen molar-refractivity contribution >= 4 is 5.91 Å². The molecule has 0 aromatic rings. The van der Waals surface area contributed by atoms with Crippen LogP contribution in [0, 0.1) is 11.8 Å². The highest BCUT2D eigenvalue weighted by Crippen LogP contribution is 2.28. The fourth-order valence-electron chi connectivity index (χ4n) is 3.21. The maximum absolute atomic E-state index is 12.4. The molecule has 3 aliphatic rings. The lowest BCUT2D eigenvalue weighted by Crippen LogP contribution is -2.47. The van der Waals surface area contributed by atoms with Gasteiger partial charge in [0.25, 0.3) is 0 Å². The summed E-state index contributed by atoms with van der Waals surface area (Å²) in [5.74, 6) is 1.38. The van der Waals surface area contributed by atoms with Gasteiger partial charge in [-0.1, -0.05) is 0 Å². The Kier molecular flexibility index (Phi) is 4.08. The zero-order chi connectivity index (χ0) is 13.2. The highest BCUT2D eigenvalue weighted by Gasteiger charge is 2.33. The molecule has 19 heavy (non-hydrogen) atoms. The Labute approximate surface area is 115 Å². The lowest BCUT2D eigenvalue weighted by molar-refractivity contribution is -0.136. The molecule has 0 aromatic heterocycles. The van der Waals surface area contributed by atoms with Gasteiger partial charge in [0.05, 0.1) is 18.6 Å². The van der Waals surface area contributed by atoms with Crippen LogP contribution in [0.4, 0.5) is 0 Å². The molecule has 0 bridgehead atoms. The van der Waals surface area contributed by atoms with Crippen LogP contribution in [0.15, 0.2) is 0 Å². The van der Waals surface area contributed by atoms with Crippen LogP contribution in [0.2, 0.25) is 0 Å². The summed E-state index contributed by atoms with van der Waals surface area (Å²) in [4.78, 5) is 14.4. The van der Waals surface area contributed by atoms with E-state index in [0.29, 0.717) is 18.6 Å². The monoisotopic (exact) mass is 266 g/mol. The van der Waals surface area contributed by atoms with E-state index in [0.717, 1.165) is 38.3 Å². The standard InChI is InChI=1S/C15H26N2O2/c1-11-8-13(10-19-11)15(18)17-6-4-14(5-7-17)16-9-12-2-3-12/h11-14,16H,2-10H2,1H3. The number of piperidine rings is 1. The Hall–Kier alpha value is -0.610. The summed E-state index contributed by atoms with van der Waals surface area (Å²) in [6.45, 7) is 5.71. The number of amides is 1. The van der Waals surface area contributed by atoms with Crippen molar-refractivity contribution in [3.05, 3.63) is 0 Å². The van der Waals surface area contributed by atoms with Crippen LogP contribution in [0.5, 0.6) is 0 Å². The molecule has 2 atom stereocenters. The van der Waals surface area contributed by atoms with E-state index in [2.05, 4.69) is 17.1 Å². The minimum absolute atomic E-state index is 0.117. The molecule has 1 aliphatic carbocycles. The Morgan fingerprint density at radius 1 is 1.26 bits per heavy atom. The summed E-state index contributed by atoms with van der Waals surface area (Å²) < 4.78 is 5.51. The molecule has 1 amide bonds.